The molecule has 1 atom stereocenters. The quantitative estimate of drug-likeness (QED) is 0.511. The van der Waals surface area contributed by atoms with E-state index in [0.29, 0.717) is 16.8 Å². The average molecular weight is 467 g/mol. The Morgan fingerprint density at radius 1 is 1.24 bits per heavy atom. The van der Waals surface area contributed by atoms with Crippen molar-refractivity contribution >= 4 is 23.4 Å². The molecule has 0 fully saturated rings. The van der Waals surface area contributed by atoms with Crippen LogP contribution >= 0.6 is 0 Å². The van der Waals surface area contributed by atoms with Gasteiger partial charge in [-0.1, -0.05) is 0 Å². The van der Waals surface area contributed by atoms with Crippen LogP contribution in [0.4, 0.5) is 30.6 Å². The Morgan fingerprint density at radius 3 is 2.71 bits per heavy atom. The highest BCUT2D eigenvalue weighted by Gasteiger charge is 2.41. The van der Waals surface area contributed by atoms with Crippen LogP contribution < -0.4 is 15.8 Å². The molecule has 0 amide bonds. The molecule has 12 heteroatoms. The van der Waals surface area contributed by atoms with E-state index in [1.54, 1.807) is 25.1 Å². The van der Waals surface area contributed by atoms with Gasteiger partial charge >= 0.3 is 12.1 Å². The van der Waals surface area contributed by atoms with Crippen molar-refractivity contribution in [2.45, 2.75) is 19.1 Å². The normalized spacial score (nSPS) is 15.3. The number of anilines is 3. The number of nitrogens with zero attached hydrogens (tertiary/aromatic N) is 5. The van der Waals surface area contributed by atoms with Gasteiger partial charge in [-0.3, -0.25) is 9.99 Å². The zero-order valence-corrected chi connectivity index (χ0v) is 17.5. The van der Waals surface area contributed by atoms with Gasteiger partial charge in [-0.25, -0.2) is 15.2 Å². The summed E-state index contributed by atoms with van der Waals surface area (Å²) >= 11 is 0. The first-order chi connectivity index (χ1) is 16.1. The van der Waals surface area contributed by atoms with Crippen LogP contribution in [0.25, 0.3) is 11.1 Å². The first-order valence-electron chi connectivity index (χ1n) is 9.79. The van der Waals surface area contributed by atoms with E-state index in [1.165, 1.54) is 24.7 Å². The zero-order chi connectivity index (χ0) is 24.5. The predicted molar refractivity (Wildman–Crippen MR) is 116 cm³/mol. The third-order valence-electron chi connectivity index (χ3n) is 4.81. The second-order valence-electron chi connectivity index (χ2n) is 7.38. The molecule has 0 spiro atoms. The second-order valence-corrected chi connectivity index (χ2v) is 7.38. The number of hydrazine groups is 1. The molecule has 0 saturated heterocycles. The number of carboxylic acid groups (broad SMARTS) is 1. The number of halogens is 3. The summed E-state index contributed by atoms with van der Waals surface area (Å²) in [7, 11) is 0. The molecule has 172 valence electrons. The third-order valence-corrected chi connectivity index (χ3v) is 4.81. The van der Waals surface area contributed by atoms with E-state index in [4.69, 9.17) is 0 Å². The molecule has 0 radical (unpaired) electrons. The molecule has 4 rings (SSSR count). The Balaban J connectivity index is 1.76. The molecular weight excluding hydrogens is 451 g/mol. The highest BCUT2D eigenvalue weighted by Crippen LogP contribution is 2.33. The van der Waals surface area contributed by atoms with E-state index in [-0.39, 0.29) is 22.9 Å². The van der Waals surface area contributed by atoms with Crippen molar-refractivity contribution in [3.63, 3.8) is 0 Å². The number of aryl methyl sites for hydroxylation is 1. The van der Waals surface area contributed by atoms with Crippen molar-refractivity contribution in [3.8, 4) is 17.2 Å². The zero-order valence-electron chi connectivity index (χ0n) is 17.5. The van der Waals surface area contributed by atoms with Gasteiger partial charge in [0.1, 0.15) is 6.04 Å². The van der Waals surface area contributed by atoms with Gasteiger partial charge in [-0.05, 0) is 42.8 Å². The minimum atomic E-state index is -4.53. The van der Waals surface area contributed by atoms with Crippen LogP contribution in [0.5, 0.6) is 0 Å². The van der Waals surface area contributed by atoms with Gasteiger partial charge < -0.3 is 10.4 Å². The molecule has 3 N–H and O–H groups in total. The summed E-state index contributed by atoms with van der Waals surface area (Å²) in [6, 6.07) is 6.47. The molecule has 9 nitrogen and oxygen atoms in total. The van der Waals surface area contributed by atoms with E-state index in [1.807, 2.05) is 6.07 Å². The SMILES string of the molecule is Cc1cc(C#N)cc(Nc2ncc(-c3cncc(C(=O)O)c3)c(N3C=CC(C(F)(F)F)N3)n2)c1. The highest BCUT2D eigenvalue weighted by molar-refractivity contribution is 5.89. The topological polar surface area (TPSA) is 127 Å². The minimum absolute atomic E-state index is 0.0398. The Kier molecular flexibility index (Phi) is 5.87. The Hall–Kier alpha value is -4.50. The highest BCUT2D eigenvalue weighted by atomic mass is 19.4. The molecule has 3 aromatic rings. The molecule has 1 aromatic carbocycles. The number of pyridine rings is 1. The number of hydrogen-bond donors (Lipinski definition) is 3. The molecule has 1 aliphatic heterocycles. The number of aromatic nitrogens is 3. The molecule has 0 saturated carbocycles. The molecule has 1 aliphatic rings. The lowest BCUT2D eigenvalue weighted by Crippen LogP contribution is -2.44. The van der Waals surface area contributed by atoms with Gasteiger partial charge in [-0.15, -0.1) is 0 Å². The van der Waals surface area contributed by atoms with Crippen LogP contribution in [0.3, 0.4) is 0 Å². The standard InChI is InChI=1S/C22H16F3N7O2/c1-12-4-13(8-26)6-16(5-12)29-21-28-11-17(14-7-15(20(33)34)10-27-9-14)19(30-21)32-3-2-18(31-32)22(23,24)25/h2-7,9-11,18,31H,1H3,(H,33,34)(H,28,29,30). The van der Waals surface area contributed by atoms with Gasteiger partial charge in [0, 0.05) is 41.6 Å². The number of benzene rings is 1. The Labute approximate surface area is 191 Å². The maximum Gasteiger partial charge on any atom is 0.409 e. The number of hydrogen-bond acceptors (Lipinski definition) is 8. The number of carbonyl (C=O) groups is 1. The van der Waals surface area contributed by atoms with Crippen molar-refractivity contribution in [3.05, 3.63) is 71.8 Å². The van der Waals surface area contributed by atoms with Crippen LogP contribution in [-0.4, -0.2) is 38.2 Å². The minimum Gasteiger partial charge on any atom is -0.478 e. The fraction of sp³-hybridized carbons (Fsp3) is 0.136. The molecule has 0 aliphatic carbocycles. The van der Waals surface area contributed by atoms with Gasteiger partial charge in [0.2, 0.25) is 5.95 Å². The van der Waals surface area contributed by atoms with E-state index >= 15 is 0 Å². The molecule has 3 heterocycles. The second kappa shape index (κ2) is 8.80. The first kappa shape index (κ1) is 22.7. The molecular formula is C22H16F3N7O2. The van der Waals surface area contributed by atoms with E-state index in [2.05, 4.69) is 25.7 Å². The van der Waals surface area contributed by atoms with Crippen LogP contribution in [0, 0.1) is 18.3 Å². The maximum atomic E-state index is 13.2. The summed E-state index contributed by atoms with van der Waals surface area (Å²) in [4.78, 5) is 23.9. The Bertz CT molecular complexity index is 1330. The van der Waals surface area contributed by atoms with Crippen molar-refractivity contribution in [1.82, 2.24) is 20.4 Å². The van der Waals surface area contributed by atoms with E-state index in [0.717, 1.165) is 22.8 Å². The van der Waals surface area contributed by atoms with Crippen LogP contribution in [0.2, 0.25) is 0 Å². The monoisotopic (exact) mass is 467 g/mol. The van der Waals surface area contributed by atoms with Crippen molar-refractivity contribution in [2.24, 2.45) is 0 Å². The first-order valence-corrected chi connectivity index (χ1v) is 9.79. The van der Waals surface area contributed by atoms with Crippen LogP contribution in [0.15, 0.2) is 55.1 Å². The van der Waals surface area contributed by atoms with E-state index < -0.39 is 18.2 Å². The smallest absolute Gasteiger partial charge is 0.409 e. The lowest BCUT2D eigenvalue weighted by atomic mass is 10.1. The largest absolute Gasteiger partial charge is 0.478 e. The fourth-order valence-electron chi connectivity index (χ4n) is 3.30. The molecule has 0 bridgehead atoms. The van der Waals surface area contributed by atoms with Gasteiger partial charge in [-0.2, -0.15) is 23.4 Å². The Morgan fingerprint density at radius 2 is 2.03 bits per heavy atom. The summed E-state index contributed by atoms with van der Waals surface area (Å²) in [5, 5.41) is 22.5. The maximum absolute atomic E-state index is 13.2. The van der Waals surface area contributed by atoms with Crippen LogP contribution in [0.1, 0.15) is 21.5 Å². The average Bonchev–Trinajstić information content (AvgIpc) is 3.29. The number of aromatic carboxylic acids is 1. The van der Waals surface area contributed by atoms with Crippen molar-refractivity contribution in [2.75, 3.05) is 10.3 Å². The number of alkyl halides is 3. The molecule has 2 aromatic heterocycles. The number of nitrogens with one attached hydrogen (secondary N) is 2. The number of rotatable bonds is 5. The van der Waals surface area contributed by atoms with Gasteiger partial charge in [0.25, 0.3) is 0 Å². The van der Waals surface area contributed by atoms with Gasteiger partial charge in [0.05, 0.1) is 17.2 Å². The fourth-order valence-corrected chi connectivity index (χ4v) is 3.30. The lowest BCUT2D eigenvalue weighted by Gasteiger charge is -2.23. The third kappa shape index (κ3) is 4.79. The van der Waals surface area contributed by atoms with Crippen LogP contribution in [-0.2, 0) is 0 Å². The van der Waals surface area contributed by atoms with Crippen molar-refractivity contribution in [1.29, 1.82) is 5.26 Å². The number of nitriles is 1. The molecule has 34 heavy (non-hydrogen) atoms. The summed E-state index contributed by atoms with van der Waals surface area (Å²) < 4.78 is 39.6. The number of carboxylic acids is 1. The van der Waals surface area contributed by atoms with Crippen molar-refractivity contribution < 1.29 is 23.1 Å². The summed E-state index contributed by atoms with van der Waals surface area (Å²) in [5.74, 6) is -1.11. The predicted octanol–water partition coefficient (Wildman–Crippen LogP) is 3.93. The molecule has 1 unspecified atom stereocenters. The van der Waals surface area contributed by atoms with E-state index in [9.17, 15) is 28.3 Å². The summed E-state index contributed by atoms with van der Waals surface area (Å²) in [6.45, 7) is 1.81. The lowest BCUT2D eigenvalue weighted by molar-refractivity contribution is -0.142. The summed E-state index contributed by atoms with van der Waals surface area (Å²) in [6.07, 6.45) is 1.46. The summed E-state index contributed by atoms with van der Waals surface area (Å²) in [5.41, 5.74) is 4.50. The van der Waals surface area contributed by atoms with Gasteiger partial charge in [0.15, 0.2) is 5.82 Å².